The van der Waals surface area contributed by atoms with E-state index in [0.29, 0.717) is 32.4 Å². The molecule has 1 atom stereocenters. The first-order chi connectivity index (χ1) is 13.7. The minimum absolute atomic E-state index is 0. The second-order valence-corrected chi connectivity index (χ2v) is 7.27. The van der Waals surface area contributed by atoms with Gasteiger partial charge in [-0.2, -0.15) is 0 Å². The van der Waals surface area contributed by atoms with Crippen LogP contribution in [-0.4, -0.2) is 63.4 Å². The highest BCUT2D eigenvalue weighted by Gasteiger charge is 2.20. The van der Waals surface area contributed by atoms with Gasteiger partial charge in [0.05, 0.1) is 6.61 Å². The highest BCUT2D eigenvalue weighted by molar-refractivity contribution is 14.0. The molecule has 1 saturated heterocycles. The zero-order valence-corrected chi connectivity index (χ0v) is 20.8. The van der Waals surface area contributed by atoms with Crippen LogP contribution < -0.4 is 15.4 Å². The third-order valence-electron chi connectivity index (χ3n) is 5.22. The Bertz CT molecular complexity index is 606. The fourth-order valence-electron chi connectivity index (χ4n) is 3.55. The number of likely N-dealkylation sites (tertiary alicyclic amines) is 1. The summed E-state index contributed by atoms with van der Waals surface area (Å²) in [6.07, 6.45) is 3.80. The zero-order chi connectivity index (χ0) is 20.2. The van der Waals surface area contributed by atoms with E-state index in [0.717, 1.165) is 30.2 Å². The molecule has 1 aromatic carbocycles. The van der Waals surface area contributed by atoms with Gasteiger partial charge in [-0.1, -0.05) is 19.1 Å². The second kappa shape index (κ2) is 14.8. The molecule has 0 spiro atoms. The van der Waals surface area contributed by atoms with Crippen molar-refractivity contribution < 1.29 is 9.47 Å². The first kappa shape index (κ1) is 26.0. The standard InChI is InChI=1S/C22H38N4O2.HI/c1-5-20(26-11-7-8-12-26)17-25-22(23-4)24-16-19-10-9-18(3)15-21(19)28-14-13-27-6-2;/h9-10,15,20H,5-8,11-14,16-17H2,1-4H3,(H2,23,24,25);1H. The fourth-order valence-corrected chi connectivity index (χ4v) is 3.55. The maximum Gasteiger partial charge on any atom is 0.191 e. The summed E-state index contributed by atoms with van der Waals surface area (Å²) in [6, 6.07) is 6.88. The molecule has 29 heavy (non-hydrogen) atoms. The van der Waals surface area contributed by atoms with E-state index >= 15 is 0 Å². The molecule has 1 unspecified atom stereocenters. The number of aliphatic imine (C=N–C) groups is 1. The Morgan fingerprint density at radius 3 is 2.59 bits per heavy atom. The number of ether oxygens (including phenoxy) is 2. The average Bonchev–Trinajstić information content (AvgIpc) is 3.24. The molecule has 166 valence electrons. The van der Waals surface area contributed by atoms with Crippen molar-refractivity contribution >= 4 is 29.9 Å². The van der Waals surface area contributed by atoms with E-state index in [1.807, 2.05) is 14.0 Å². The van der Waals surface area contributed by atoms with E-state index in [4.69, 9.17) is 9.47 Å². The fraction of sp³-hybridized carbons (Fsp3) is 0.682. The Balaban J connectivity index is 0.00000420. The van der Waals surface area contributed by atoms with Crippen LogP contribution in [0.2, 0.25) is 0 Å². The SMILES string of the molecule is CCOCCOc1cc(C)ccc1CNC(=NC)NCC(CC)N1CCCC1.I. The number of benzene rings is 1. The van der Waals surface area contributed by atoms with Crippen LogP contribution in [0.5, 0.6) is 5.75 Å². The lowest BCUT2D eigenvalue weighted by Gasteiger charge is -2.27. The predicted octanol–water partition coefficient (Wildman–Crippen LogP) is 3.57. The van der Waals surface area contributed by atoms with E-state index in [9.17, 15) is 0 Å². The van der Waals surface area contributed by atoms with Crippen LogP contribution in [0.4, 0.5) is 0 Å². The molecule has 2 rings (SSSR count). The lowest BCUT2D eigenvalue weighted by molar-refractivity contribution is 0.110. The van der Waals surface area contributed by atoms with Gasteiger partial charge in [-0.15, -0.1) is 24.0 Å². The number of nitrogens with zero attached hydrogens (tertiary/aromatic N) is 2. The lowest BCUT2D eigenvalue weighted by Crippen LogP contribution is -2.46. The van der Waals surface area contributed by atoms with Crippen molar-refractivity contribution in [3.8, 4) is 5.75 Å². The van der Waals surface area contributed by atoms with Crippen molar-refractivity contribution in [3.05, 3.63) is 29.3 Å². The van der Waals surface area contributed by atoms with Crippen molar-refractivity contribution in [2.75, 3.05) is 46.5 Å². The Kier molecular flexibility index (Phi) is 13.3. The Morgan fingerprint density at radius 2 is 1.93 bits per heavy atom. The molecule has 1 aliphatic rings. The van der Waals surface area contributed by atoms with E-state index in [-0.39, 0.29) is 24.0 Å². The minimum atomic E-state index is 0. The van der Waals surface area contributed by atoms with Crippen LogP contribution in [0.25, 0.3) is 0 Å². The van der Waals surface area contributed by atoms with Gasteiger partial charge in [0.1, 0.15) is 12.4 Å². The summed E-state index contributed by atoms with van der Waals surface area (Å²) in [5, 5.41) is 6.92. The van der Waals surface area contributed by atoms with Crippen molar-refractivity contribution in [2.24, 2.45) is 4.99 Å². The highest BCUT2D eigenvalue weighted by Crippen LogP contribution is 2.20. The van der Waals surface area contributed by atoms with Crippen LogP contribution in [-0.2, 0) is 11.3 Å². The summed E-state index contributed by atoms with van der Waals surface area (Å²) in [4.78, 5) is 6.97. The lowest BCUT2D eigenvalue weighted by atomic mass is 10.1. The van der Waals surface area contributed by atoms with Crippen LogP contribution in [0, 0.1) is 6.92 Å². The van der Waals surface area contributed by atoms with Gasteiger partial charge in [-0.25, -0.2) is 0 Å². The number of hydrogen-bond acceptors (Lipinski definition) is 4. The van der Waals surface area contributed by atoms with Crippen molar-refractivity contribution in [2.45, 2.75) is 52.6 Å². The summed E-state index contributed by atoms with van der Waals surface area (Å²) in [6.45, 7) is 12.2. The topological polar surface area (TPSA) is 58.1 Å². The predicted molar refractivity (Wildman–Crippen MR) is 132 cm³/mol. The Morgan fingerprint density at radius 1 is 1.17 bits per heavy atom. The van der Waals surface area contributed by atoms with E-state index in [1.54, 1.807) is 0 Å². The Labute approximate surface area is 193 Å². The Hall–Kier alpha value is -1.06. The van der Waals surface area contributed by atoms with E-state index < -0.39 is 0 Å². The largest absolute Gasteiger partial charge is 0.491 e. The molecule has 1 fully saturated rings. The van der Waals surface area contributed by atoms with Gasteiger partial charge >= 0.3 is 0 Å². The van der Waals surface area contributed by atoms with Crippen molar-refractivity contribution in [1.29, 1.82) is 0 Å². The summed E-state index contributed by atoms with van der Waals surface area (Å²) < 4.78 is 11.3. The molecule has 0 saturated carbocycles. The van der Waals surface area contributed by atoms with Crippen LogP contribution in [0.3, 0.4) is 0 Å². The summed E-state index contributed by atoms with van der Waals surface area (Å²) in [5.41, 5.74) is 2.31. The average molecular weight is 518 g/mol. The number of aryl methyl sites for hydroxylation is 1. The molecule has 2 N–H and O–H groups in total. The molecule has 1 heterocycles. The summed E-state index contributed by atoms with van der Waals surface area (Å²) >= 11 is 0. The maximum atomic E-state index is 5.94. The number of nitrogens with one attached hydrogen (secondary N) is 2. The normalized spacial score (nSPS) is 15.7. The molecule has 6 nitrogen and oxygen atoms in total. The molecule has 0 aromatic heterocycles. The van der Waals surface area contributed by atoms with Gasteiger partial charge < -0.3 is 20.1 Å². The molecule has 0 bridgehead atoms. The van der Waals surface area contributed by atoms with Gasteiger partial charge in [-0.05, 0) is 57.8 Å². The van der Waals surface area contributed by atoms with Gasteiger partial charge in [0, 0.05) is 38.3 Å². The van der Waals surface area contributed by atoms with Crippen LogP contribution in [0.15, 0.2) is 23.2 Å². The van der Waals surface area contributed by atoms with Gasteiger partial charge in [0.15, 0.2) is 5.96 Å². The molecule has 1 aromatic rings. The third-order valence-corrected chi connectivity index (χ3v) is 5.22. The summed E-state index contributed by atoms with van der Waals surface area (Å²) in [5.74, 6) is 1.74. The molecule has 1 aliphatic heterocycles. The monoisotopic (exact) mass is 518 g/mol. The first-order valence-corrected chi connectivity index (χ1v) is 10.7. The number of guanidine groups is 1. The molecular formula is C22H39IN4O2. The van der Waals surface area contributed by atoms with Crippen LogP contribution in [0.1, 0.15) is 44.2 Å². The quantitative estimate of drug-likeness (QED) is 0.203. The van der Waals surface area contributed by atoms with E-state index in [2.05, 4.69) is 52.6 Å². The van der Waals surface area contributed by atoms with Gasteiger partial charge in [0.25, 0.3) is 0 Å². The number of halogens is 1. The maximum absolute atomic E-state index is 5.94. The third kappa shape index (κ3) is 9.09. The molecule has 7 heteroatoms. The zero-order valence-electron chi connectivity index (χ0n) is 18.5. The number of rotatable bonds is 11. The van der Waals surface area contributed by atoms with Gasteiger partial charge in [-0.3, -0.25) is 9.89 Å². The van der Waals surface area contributed by atoms with Crippen LogP contribution >= 0.6 is 24.0 Å². The van der Waals surface area contributed by atoms with Crippen molar-refractivity contribution in [1.82, 2.24) is 15.5 Å². The molecular weight excluding hydrogens is 479 g/mol. The highest BCUT2D eigenvalue weighted by atomic mass is 127. The minimum Gasteiger partial charge on any atom is -0.491 e. The smallest absolute Gasteiger partial charge is 0.191 e. The molecule has 0 radical (unpaired) electrons. The van der Waals surface area contributed by atoms with E-state index in [1.165, 1.54) is 31.5 Å². The first-order valence-electron chi connectivity index (χ1n) is 10.7. The summed E-state index contributed by atoms with van der Waals surface area (Å²) in [7, 11) is 1.82. The number of hydrogen-bond donors (Lipinski definition) is 2. The van der Waals surface area contributed by atoms with Crippen molar-refractivity contribution in [3.63, 3.8) is 0 Å². The van der Waals surface area contributed by atoms with Gasteiger partial charge in [0.2, 0.25) is 0 Å². The second-order valence-electron chi connectivity index (χ2n) is 7.27. The molecule has 0 aliphatic carbocycles. The molecule has 0 amide bonds.